The molecule has 0 spiro atoms. The number of aromatic hydroxyl groups is 2. The highest BCUT2D eigenvalue weighted by atomic mass is 19.4. The Morgan fingerprint density at radius 1 is 1.00 bits per heavy atom. The molecule has 2 amide bonds. The number of likely N-dealkylation sites (tertiary alicyclic amines) is 1. The van der Waals surface area contributed by atoms with Crippen LogP contribution in [0.15, 0.2) is 65.8 Å². The lowest BCUT2D eigenvalue weighted by Gasteiger charge is -2.32. The second-order valence-electron chi connectivity index (χ2n) is 12.7. The monoisotopic (exact) mass is 666 g/mol. The summed E-state index contributed by atoms with van der Waals surface area (Å²) in [6.45, 7) is 5.55. The summed E-state index contributed by atoms with van der Waals surface area (Å²) in [6, 6.07) is 18.6. The van der Waals surface area contributed by atoms with Crippen molar-refractivity contribution in [3.05, 3.63) is 88.5 Å². The molecule has 1 atom stereocenters. The van der Waals surface area contributed by atoms with Crippen molar-refractivity contribution in [1.82, 2.24) is 21.0 Å². The first-order valence-electron chi connectivity index (χ1n) is 16.0. The number of carbonyl (C=O) groups is 2. The lowest BCUT2D eigenvalue weighted by molar-refractivity contribution is -0.134. The number of nitrogens with zero attached hydrogens (tertiary/aromatic N) is 3. The summed E-state index contributed by atoms with van der Waals surface area (Å²) in [5.74, 6) is -1.25. The molecule has 1 fully saturated rings. The Morgan fingerprint density at radius 2 is 1.65 bits per heavy atom. The van der Waals surface area contributed by atoms with Crippen molar-refractivity contribution in [2.75, 3.05) is 24.5 Å². The number of phenolic OH excluding ortho intramolecular Hbond substituents is 2. The van der Waals surface area contributed by atoms with Gasteiger partial charge in [-0.3, -0.25) is 24.8 Å². The van der Waals surface area contributed by atoms with Crippen LogP contribution in [0.5, 0.6) is 11.5 Å². The van der Waals surface area contributed by atoms with Gasteiger partial charge in [0.25, 0.3) is 5.91 Å². The second kappa shape index (κ2) is 15.0. The Balaban J connectivity index is 1.26. The van der Waals surface area contributed by atoms with Crippen LogP contribution in [-0.4, -0.2) is 59.1 Å². The van der Waals surface area contributed by atoms with Gasteiger partial charge in [-0.15, -0.1) is 0 Å². The third-order valence-electron chi connectivity index (χ3n) is 8.79. The summed E-state index contributed by atoms with van der Waals surface area (Å²) in [7, 11) is 0. The van der Waals surface area contributed by atoms with Crippen LogP contribution in [0.3, 0.4) is 0 Å². The minimum Gasteiger partial charge on any atom is -0.508 e. The van der Waals surface area contributed by atoms with Gasteiger partial charge >= 0.3 is 6.18 Å². The molecule has 48 heavy (non-hydrogen) atoms. The maximum Gasteiger partial charge on any atom is 0.405 e. The molecular formula is C35H41F3N6O4. The highest BCUT2D eigenvalue weighted by Gasteiger charge is 2.38. The maximum atomic E-state index is 12.9. The van der Waals surface area contributed by atoms with Crippen LogP contribution in [0.1, 0.15) is 66.6 Å². The third-order valence-corrected chi connectivity index (χ3v) is 8.79. The number of amides is 2. The molecule has 0 radical (unpaired) electrons. The zero-order chi connectivity index (χ0) is 34.4. The quantitative estimate of drug-likeness (QED) is 0.172. The summed E-state index contributed by atoms with van der Waals surface area (Å²) in [4.78, 5) is 27.4. The van der Waals surface area contributed by atoms with Crippen LogP contribution in [0.4, 0.5) is 18.9 Å². The average molecular weight is 667 g/mol. The van der Waals surface area contributed by atoms with E-state index in [1.807, 2.05) is 43.4 Å². The Labute approximate surface area is 277 Å². The number of hydrogen-bond donors (Lipinski definition) is 5. The van der Waals surface area contributed by atoms with E-state index in [0.717, 1.165) is 50.0 Å². The molecule has 2 aliphatic heterocycles. The summed E-state index contributed by atoms with van der Waals surface area (Å²) in [5, 5.41) is 29.8. The number of anilines is 1. The smallest absolute Gasteiger partial charge is 0.405 e. The summed E-state index contributed by atoms with van der Waals surface area (Å²) < 4.78 is 38.8. The predicted octanol–water partition coefficient (Wildman–Crippen LogP) is 5.02. The number of hydrogen-bond acceptors (Lipinski definition) is 8. The zero-order valence-electron chi connectivity index (χ0n) is 26.9. The molecule has 2 aliphatic rings. The molecule has 13 heteroatoms. The summed E-state index contributed by atoms with van der Waals surface area (Å²) in [6.07, 6.45) is -1.90. The van der Waals surface area contributed by atoms with E-state index in [4.69, 9.17) is 0 Å². The standard InChI is InChI=1S/C35H41F3N6O4/c1-22(2)28-16-29(31(47)17-30(28)46)32-41-42-33(34(48)40-20-35(36,37)38)44(32)27-9-7-23(8-10-27)15-24-11-13-43(14-12-24)19-26-5-3-25(4-6-26)18-39-21-45/h3-10,16-17,21-22,24,32,41,46-47H,11-15,18-20H2,1-2H3,(H,39,45)(H,40,48). The number of piperidine rings is 1. The van der Waals surface area contributed by atoms with E-state index in [0.29, 0.717) is 35.7 Å². The molecule has 5 N–H and O–H groups in total. The van der Waals surface area contributed by atoms with E-state index in [-0.39, 0.29) is 23.3 Å². The Kier molecular flexibility index (Phi) is 10.8. The van der Waals surface area contributed by atoms with Crippen LogP contribution >= 0.6 is 0 Å². The van der Waals surface area contributed by atoms with Crippen LogP contribution in [0, 0.1) is 5.92 Å². The minimum atomic E-state index is -4.60. The van der Waals surface area contributed by atoms with Crippen LogP contribution in [0.2, 0.25) is 0 Å². The number of halogens is 3. The lowest BCUT2D eigenvalue weighted by Crippen LogP contribution is -2.45. The van der Waals surface area contributed by atoms with E-state index in [1.165, 1.54) is 16.5 Å². The number of hydrazone groups is 1. The van der Waals surface area contributed by atoms with Crippen molar-refractivity contribution in [3.8, 4) is 11.5 Å². The fourth-order valence-corrected chi connectivity index (χ4v) is 6.20. The molecule has 1 unspecified atom stereocenters. The van der Waals surface area contributed by atoms with E-state index < -0.39 is 24.8 Å². The first-order chi connectivity index (χ1) is 22.9. The zero-order valence-corrected chi connectivity index (χ0v) is 26.9. The normalized spacial score (nSPS) is 17.2. The van der Waals surface area contributed by atoms with Gasteiger partial charge in [-0.05, 0) is 84.6 Å². The van der Waals surface area contributed by atoms with E-state index in [9.17, 15) is 33.0 Å². The molecule has 0 bridgehead atoms. The van der Waals surface area contributed by atoms with Gasteiger partial charge in [0, 0.05) is 30.4 Å². The number of nitrogens with one attached hydrogen (secondary N) is 3. The highest BCUT2D eigenvalue weighted by Crippen LogP contribution is 2.39. The van der Waals surface area contributed by atoms with Crippen molar-refractivity contribution >= 4 is 23.8 Å². The highest BCUT2D eigenvalue weighted by molar-refractivity contribution is 6.43. The van der Waals surface area contributed by atoms with Crippen LogP contribution < -0.4 is 21.0 Å². The first kappa shape index (κ1) is 34.6. The number of amidine groups is 1. The van der Waals surface area contributed by atoms with Gasteiger partial charge in [0.1, 0.15) is 18.0 Å². The molecule has 0 aromatic heterocycles. The fourth-order valence-electron chi connectivity index (χ4n) is 6.20. The van der Waals surface area contributed by atoms with E-state index in [1.54, 1.807) is 18.2 Å². The van der Waals surface area contributed by atoms with Gasteiger partial charge in [-0.1, -0.05) is 50.2 Å². The molecule has 0 saturated carbocycles. The number of rotatable bonds is 12. The molecule has 5 rings (SSSR count). The van der Waals surface area contributed by atoms with Crippen molar-refractivity contribution in [3.63, 3.8) is 0 Å². The summed E-state index contributed by atoms with van der Waals surface area (Å²) >= 11 is 0. The van der Waals surface area contributed by atoms with Crippen molar-refractivity contribution in [2.45, 2.75) is 64.5 Å². The van der Waals surface area contributed by atoms with Gasteiger partial charge in [-0.2, -0.15) is 18.3 Å². The third kappa shape index (κ3) is 8.57. The number of carbonyl (C=O) groups excluding carboxylic acids is 2. The van der Waals surface area contributed by atoms with E-state index >= 15 is 0 Å². The molecular weight excluding hydrogens is 625 g/mol. The molecule has 0 aliphatic carbocycles. The molecule has 256 valence electrons. The minimum absolute atomic E-state index is 0.0890. The van der Waals surface area contributed by atoms with Gasteiger partial charge in [0.15, 0.2) is 6.17 Å². The van der Waals surface area contributed by atoms with Gasteiger partial charge in [-0.25, -0.2) is 0 Å². The molecule has 10 nitrogen and oxygen atoms in total. The second-order valence-corrected chi connectivity index (χ2v) is 12.7. The maximum absolute atomic E-state index is 12.9. The number of benzene rings is 3. The van der Waals surface area contributed by atoms with Crippen molar-refractivity contribution in [1.29, 1.82) is 0 Å². The Hall–Kier alpha value is -4.78. The SMILES string of the molecule is CC(C)c1cc(C2NN=C(C(=O)NCC(F)(F)F)N2c2ccc(CC3CCN(Cc4ccc(CNC=O)cc4)CC3)cc2)c(O)cc1O. The summed E-state index contributed by atoms with van der Waals surface area (Å²) in [5.41, 5.74) is 7.53. The van der Waals surface area contributed by atoms with Crippen LogP contribution in [-0.2, 0) is 29.1 Å². The van der Waals surface area contributed by atoms with Crippen molar-refractivity contribution in [2.24, 2.45) is 11.0 Å². The van der Waals surface area contributed by atoms with Gasteiger partial charge in [0.05, 0.1) is 0 Å². The largest absolute Gasteiger partial charge is 0.508 e. The topological polar surface area (TPSA) is 130 Å². The molecule has 3 aromatic rings. The molecule has 1 saturated heterocycles. The Morgan fingerprint density at radius 3 is 2.27 bits per heavy atom. The molecule has 3 aromatic carbocycles. The fraction of sp³-hybridized carbons (Fsp3) is 0.400. The van der Waals surface area contributed by atoms with Gasteiger partial charge < -0.3 is 20.8 Å². The molecule has 2 heterocycles. The number of alkyl halides is 3. The van der Waals surface area contributed by atoms with Crippen molar-refractivity contribution < 1.29 is 33.0 Å². The Bertz CT molecular complexity index is 1600. The lowest BCUT2D eigenvalue weighted by atomic mass is 9.90. The van der Waals surface area contributed by atoms with Crippen LogP contribution in [0.25, 0.3) is 0 Å². The van der Waals surface area contributed by atoms with Gasteiger partial charge in [0.2, 0.25) is 12.2 Å². The average Bonchev–Trinajstić information content (AvgIpc) is 3.49. The first-order valence-corrected chi connectivity index (χ1v) is 16.0. The predicted molar refractivity (Wildman–Crippen MR) is 176 cm³/mol. The number of phenols is 2. The van der Waals surface area contributed by atoms with E-state index in [2.05, 4.69) is 32.9 Å².